The normalized spacial score (nSPS) is 18.7. The second kappa shape index (κ2) is 8.29. The molecule has 1 saturated heterocycles. The van der Waals surface area contributed by atoms with Crippen LogP contribution in [0.3, 0.4) is 0 Å². The van der Waals surface area contributed by atoms with Gasteiger partial charge in [-0.05, 0) is 43.6 Å². The van der Waals surface area contributed by atoms with Crippen LogP contribution in [0.5, 0.6) is 0 Å². The van der Waals surface area contributed by atoms with Gasteiger partial charge in [0, 0.05) is 13.1 Å². The van der Waals surface area contributed by atoms with Gasteiger partial charge in [-0.15, -0.1) is 0 Å². The molecule has 1 aromatic carbocycles. The molecule has 0 bridgehead atoms. The summed E-state index contributed by atoms with van der Waals surface area (Å²) in [5, 5.41) is 13.7. The van der Waals surface area contributed by atoms with Crippen molar-refractivity contribution in [3.8, 4) is 0 Å². The summed E-state index contributed by atoms with van der Waals surface area (Å²) in [6.07, 6.45) is 5.09. The molecule has 0 spiro atoms. The molecule has 0 saturated carbocycles. The van der Waals surface area contributed by atoms with E-state index >= 15 is 0 Å². The first-order valence-corrected chi connectivity index (χ1v) is 8.56. The minimum atomic E-state index is -0.477. The number of rotatable bonds is 7. The van der Waals surface area contributed by atoms with Crippen molar-refractivity contribution < 1.29 is 9.52 Å². The molecule has 2 atom stereocenters. The molecular weight excluding hydrogens is 288 g/mol. The van der Waals surface area contributed by atoms with Gasteiger partial charge in [0.1, 0.15) is 5.76 Å². The average molecular weight is 314 g/mol. The van der Waals surface area contributed by atoms with Gasteiger partial charge < -0.3 is 14.8 Å². The van der Waals surface area contributed by atoms with Crippen LogP contribution < -0.4 is 5.32 Å². The van der Waals surface area contributed by atoms with Gasteiger partial charge in [0.05, 0.1) is 18.4 Å². The van der Waals surface area contributed by atoms with Gasteiger partial charge in [-0.25, -0.2) is 0 Å². The molecule has 124 valence electrons. The highest BCUT2D eigenvalue weighted by Gasteiger charge is 2.24. The molecule has 0 radical (unpaired) electrons. The molecule has 0 aliphatic carbocycles. The van der Waals surface area contributed by atoms with Gasteiger partial charge >= 0.3 is 0 Å². The molecule has 3 rings (SSSR count). The van der Waals surface area contributed by atoms with Crippen LogP contribution in [0.25, 0.3) is 0 Å². The van der Waals surface area contributed by atoms with Crippen molar-refractivity contribution in [1.82, 2.24) is 10.2 Å². The van der Waals surface area contributed by atoms with E-state index in [4.69, 9.17) is 4.42 Å². The van der Waals surface area contributed by atoms with Crippen LogP contribution in [-0.4, -0.2) is 36.2 Å². The summed E-state index contributed by atoms with van der Waals surface area (Å²) in [7, 11) is 0. The summed E-state index contributed by atoms with van der Waals surface area (Å²) in [5.41, 5.74) is 0.951. The lowest BCUT2D eigenvalue weighted by Gasteiger charge is -2.33. The van der Waals surface area contributed by atoms with Crippen molar-refractivity contribution in [3.63, 3.8) is 0 Å². The minimum absolute atomic E-state index is 0.244. The van der Waals surface area contributed by atoms with Crippen LogP contribution in [0.15, 0.2) is 53.1 Å². The van der Waals surface area contributed by atoms with Gasteiger partial charge in [-0.3, -0.25) is 4.90 Å². The summed E-state index contributed by atoms with van der Waals surface area (Å²) in [4.78, 5) is 2.49. The molecular formula is C19H26N2O2. The number of nitrogens with zero attached hydrogens (tertiary/aromatic N) is 1. The number of furan rings is 1. The molecule has 1 aromatic heterocycles. The van der Waals surface area contributed by atoms with Crippen molar-refractivity contribution in [2.75, 3.05) is 26.2 Å². The van der Waals surface area contributed by atoms with Crippen molar-refractivity contribution in [2.24, 2.45) is 0 Å². The molecule has 0 unspecified atom stereocenters. The molecule has 1 fully saturated rings. The first-order chi connectivity index (χ1) is 11.3. The van der Waals surface area contributed by atoms with Gasteiger partial charge in [-0.1, -0.05) is 36.8 Å². The van der Waals surface area contributed by atoms with Crippen LogP contribution in [0.2, 0.25) is 0 Å². The van der Waals surface area contributed by atoms with E-state index in [2.05, 4.69) is 16.3 Å². The Bertz CT molecular complexity index is 550. The summed E-state index contributed by atoms with van der Waals surface area (Å²) >= 11 is 0. The maximum absolute atomic E-state index is 10.3. The van der Waals surface area contributed by atoms with Crippen LogP contribution in [0.1, 0.15) is 42.7 Å². The fourth-order valence-electron chi connectivity index (χ4n) is 3.27. The Kier molecular flexibility index (Phi) is 5.86. The van der Waals surface area contributed by atoms with Gasteiger partial charge in [0.15, 0.2) is 0 Å². The number of likely N-dealkylation sites (tertiary alicyclic amines) is 1. The molecule has 4 heteroatoms. The smallest absolute Gasteiger partial charge is 0.122 e. The first kappa shape index (κ1) is 16.2. The third-order valence-electron chi connectivity index (χ3n) is 4.56. The zero-order valence-electron chi connectivity index (χ0n) is 13.5. The third-order valence-corrected chi connectivity index (χ3v) is 4.56. The average Bonchev–Trinajstić information content (AvgIpc) is 3.14. The molecule has 4 nitrogen and oxygen atoms in total. The van der Waals surface area contributed by atoms with E-state index in [0.717, 1.165) is 31.0 Å². The largest absolute Gasteiger partial charge is 0.468 e. The minimum Gasteiger partial charge on any atom is -0.468 e. The predicted molar refractivity (Wildman–Crippen MR) is 91.1 cm³/mol. The number of piperidine rings is 1. The summed E-state index contributed by atoms with van der Waals surface area (Å²) in [5.74, 6) is 1.01. The Hall–Kier alpha value is -1.62. The van der Waals surface area contributed by atoms with E-state index in [-0.39, 0.29) is 6.04 Å². The Balaban J connectivity index is 1.56. The van der Waals surface area contributed by atoms with E-state index in [1.54, 1.807) is 6.26 Å². The van der Waals surface area contributed by atoms with Crippen LogP contribution in [0.4, 0.5) is 0 Å². The first-order valence-electron chi connectivity index (χ1n) is 8.56. The van der Waals surface area contributed by atoms with E-state index in [9.17, 15) is 5.11 Å². The topological polar surface area (TPSA) is 48.6 Å². The summed E-state index contributed by atoms with van der Waals surface area (Å²) < 4.78 is 5.65. The molecule has 1 aliphatic heterocycles. The van der Waals surface area contributed by atoms with Crippen LogP contribution in [0, 0.1) is 0 Å². The molecule has 2 aromatic rings. The second-order valence-electron chi connectivity index (χ2n) is 6.21. The fraction of sp³-hybridized carbons (Fsp3) is 0.474. The SMILES string of the molecule is O[C@H](CNC[C@@H](c1ccco1)N1CCCCC1)c1ccccc1. The monoisotopic (exact) mass is 314 g/mol. The third kappa shape index (κ3) is 4.44. The standard InChI is InChI=1S/C19H26N2O2/c22-18(16-8-3-1-4-9-16)15-20-14-17(19-10-7-13-23-19)21-11-5-2-6-12-21/h1,3-4,7-10,13,17-18,20,22H,2,5-6,11-12,14-15H2/t17-,18+/m0/s1. The lowest BCUT2D eigenvalue weighted by molar-refractivity contribution is 0.131. The summed E-state index contributed by atoms with van der Waals surface area (Å²) in [6, 6.07) is 14.0. The molecule has 2 heterocycles. The van der Waals surface area contributed by atoms with Crippen molar-refractivity contribution in [3.05, 3.63) is 60.1 Å². The highest BCUT2D eigenvalue weighted by Crippen LogP contribution is 2.24. The fourth-order valence-corrected chi connectivity index (χ4v) is 3.27. The maximum Gasteiger partial charge on any atom is 0.122 e. The molecule has 1 aliphatic rings. The van der Waals surface area contributed by atoms with Crippen molar-refractivity contribution in [2.45, 2.75) is 31.4 Å². The second-order valence-corrected chi connectivity index (χ2v) is 6.21. The Morgan fingerprint density at radius 1 is 1.00 bits per heavy atom. The lowest BCUT2D eigenvalue weighted by atomic mass is 10.1. The number of aliphatic hydroxyl groups is 1. The van der Waals surface area contributed by atoms with E-state index in [1.165, 1.54) is 19.3 Å². The van der Waals surface area contributed by atoms with Gasteiger partial charge in [-0.2, -0.15) is 0 Å². The Labute approximate surface area is 138 Å². The maximum atomic E-state index is 10.3. The number of nitrogens with one attached hydrogen (secondary N) is 1. The highest BCUT2D eigenvalue weighted by molar-refractivity contribution is 5.17. The van der Waals surface area contributed by atoms with Crippen LogP contribution in [-0.2, 0) is 0 Å². The van der Waals surface area contributed by atoms with Gasteiger partial charge in [0.2, 0.25) is 0 Å². The number of aliphatic hydroxyl groups excluding tert-OH is 1. The zero-order chi connectivity index (χ0) is 15.9. The number of hydrogen-bond acceptors (Lipinski definition) is 4. The van der Waals surface area contributed by atoms with E-state index in [0.29, 0.717) is 6.54 Å². The Morgan fingerprint density at radius 3 is 2.48 bits per heavy atom. The molecule has 2 N–H and O–H groups in total. The lowest BCUT2D eigenvalue weighted by Crippen LogP contribution is -2.39. The molecule has 0 amide bonds. The summed E-state index contributed by atoms with van der Waals surface area (Å²) in [6.45, 7) is 3.58. The predicted octanol–water partition coefficient (Wildman–Crippen LogP) is 3.13. The van der Waals surface area contributed by atoms with Crippen molar-refractivity contribution in [1.29, 1.82) is 0 Å². The van der Waals surface area contributed by atoms with Crippen molar-refractivity contribution >= 4 is 0 Å². The van der Waals surface area contributed by atoms with E-state index < -0.39 is 6.10 Å². The van der Waals surface area contributed by atoms with Crippen LogP contribution >= 0.6 is 0 Å². The molecule has 23 heavy (non-hydrogen) atoms. The van der Waals surface area contributed by atoms with Gasteiger partial charge in [0.25, 0.3) is 0 Å². The number of benzene rings is 1. The Morgan fingerprint density at radius 2 is 1.78 bits per heavy atom. The zero-order valence-corrected chi connectivity index (χ0v) is 13.5. The number of hydrogen-bond donors (Lipinski definition) is 2. The quantitative estimate of drug-likeness (QED) is 0.824. The highest BCUT2D eigenvalue weighted by atomic mass is 16.3. The van der Waals surface area contributed by atoms with E-state index in [1.807, 2.05) is 36.4 Å².